The highest BCUT2D eigenvalue weighted by Crippen LogP contribution is 2.37. The number of halogens is 3. The first kappa shape index (κ1) is 28.1. The minimum atomic E-state index is -5.08. The lowest BCUT2D eigenvalue weighted by atomic mass is 9.99. The van der Waals surface area contributed by atoms with Crippen LogP contribution in [0.2, 0.25) is 0 Å². The predicted molar refractivity (Wildman–Crippen MR) is 123 cm³/mol. The van der Waals surface area contributed by atoms with Gasteiger partial charge in [-0.05, 0) is 36.2 Å². The SMILES string of the molecule is COc1cc(-c2cn(C)c(=O)c3cnccc23)cc(OC)c1CN(C)CC(=O)O.O=C(O)C(F)(F)F. The van der Waals surface area contributed by atoms with Crippen LogP contribution in [-0.4, -0.2) is 70.6 Å². The van der Waals surface area contributed by atoms with Crippen LogP contribution in [-0.2, 0) is 23.2 Å². The van der Waals surface area contributed by atoms with Gasteiger partial charge in [-0.25, -0.2) is 4.79 Å². The van der Waals surface area contributed by atoms with E-state index in [1.165, 1.54) is 4.57 Å². The number of likely N-dealkylation sites (N-methyl/N-ethyl adjacent to an activating group) is 1. The molecule has 0 amide bonds. The van der Waals surface area contributed by atoms with E-state index in [9.17, 15) is 22.8 Å². The molecule has 3 rings (SSSR count). The molecule has 0 aliphatic rings. The van der Waals surface area contributed by atoms with Crippen molar-refractivity contribution in [2.75, 3.05) is 27.8 Å². The van der Waals surface area contributed by atoms with Crippen LogP contribution in [0.1, 0.15) is 5.56 Å². The molecular weight excluding hydrogens is 487 g/mol. The molecule has 0 fully saturated rings. The Morgan fingerprint density at radius 3 is 2.14 bits per heavy atom. The number of carboxylic acids is 2. The van der Waals surface area contributed by atoms with Crippen LogP contribution in [0.3, 0.4) is 0 Å². The summed E-state index contributed by atoms with van der Waals surface area (Å²) in [5.41, 5.74) is 2.28. The molecule has 0 bridgehead atoms. The number of carboxylic acid groups (broad SMARTS) is 2. The fourth-order valence-electron chi connectivity index (χ4n) is 3.39. The van der Waals surface area contributed by atoms with Gasteiger partial charge in [-0.1, -0.05) is 0 Å². The molecule has 36 heavy (non-hydrogen) atoms. The quantitative estimate of drug-likeness (QED) is 0.492. The summed E-state index contributed by atoms with van der Waals surface area (Å²) in [5, 5.41) is 17.4. The number of hydrogen-bond donors (Lipinski definition) is 2. The summed E-state index contributed by atoms with van der Waals surface area (Å²) in [6, 6.07) is 5.54. The first-order valence-electron chi connectivity index (χ1n) is 10.2. The van der Waals surface area contributed by atoms with Gasteiger partial charge < -0.3 is 24.3 Å². The van der Waals surface area contributed by atoms with Gasteiger partial charge in [0.15, 0.2) is 0 Å². The maximum absolute atomic E-state index is 12.4. The second kappa shape index (κ2) is 11.5. The molecular formula is C23H24F3N3O7. The van der Waals surface area contributed by atoms with Crippen LogP contribution in [0.25, 0.3) is 21.9 Å². The third-order valence-corrected chi connectivity index (χ3v) is 4.98. The standard InChI is InChI=1S/C21H23N3O5.C2HF3O2/c1-23(12-20(25)26)10-17-18(28-3)7-13(8-19(17)29-4)16-11-24(2)21(27)15-9-22-6-5-14(15)16;3-2(4,5)1(6)7/h5-9,11H,10,12H2,1-4H3,(H,25,26);(H,6,7). The molecule has 0 aliphatic carbocycles. The molecule has 0 saturated carbocycles. The number of nitrogens with zero attached hydrogens (tertiary/aromatic N) is 3. The Morgan fingerprint density at radius 2 is 1.67 bits per heavy atom. The van der Waals surface area contributed by atoms with E-state index in [-0.39, 0.29) is 12.1 Å². The molecule has 0 spiro atoms. The molecule has 13 heteroatoms. The number of carbonyl (C=O) groups is 2. The van der Waals surface area contributed by atoms with Gasteiger partial charge in [-0.15, -0.1) is 0 Å². The van der Waals surface area contributed by atoms with Crippen molar-refractivity contribution in [1.29, 1.82) is 0 Å². The number of aliphatic carboxylic acids is 2. The third kappa shape index (κ3) is 6.72. The van der Waals surface area contributed by atoms with Crippen LogP contribution in [0, 0.1) is 0 Å². The van der Waals surface area contributed by atoms with Crippen LogP contribution in [0.4, 0.5) is 13.2 Å². The van der Waals surface area contributed by atoms with E-state index in [0.717, 1.165) is 22.1 Å². The van der Waals surface area contributed by atoms with Crippen molar-refractivity contribution in [1.82, 2.24) is 14.5 Å². The number of pyridine rings is 2. The first-order chi connectivity index (χ1) is 16.8. The Balaban J connectivity index is 0.000000572. The highest BCUT2D eigenvalue weighted by Gasteiger charge is 2.38. The van der Waals surface area contributed by atoms with Crippen LogP contribution >= 0.6 is 0 Å². The Kier molecular flexibility index (Phi) is 9.00. The Labute approximate surface area is 203 Å². The number of methoxy groups -OCH3 is 2. The van der Waals surface area contributed by atoms with Crippen molar-refractivity contribution in [2.24, 2.45) is 7.05 Å². The fraction of sp³-hybridized carbons (Fsp3) is 0.304. The molecule has 10 nitrogen and oxygen atoms in total. The molecule has 2 heterocycles. The molecule has 0 saturated heterocycles. The van der Waals surface area contributed by atoms with E-state index in [2.05, 4.69) is 4.98 Å². The monoisotopic (exact) mass is 511 g/mol. The van der Waals surface area contributed by atoms with Crippen molar-refractivity contribution in [3.8, 4) is 22.6 Å². The number of alkyl halides is 3. The predicted octanol–water partition coefficient (Wildman–Crippen LogP) is 2.77. The Bertz CT molecular complexity index is 1300. The number of ether oxygens (including phenoxy) is 2. The van der Waals surface area contributed by atoms with Gasteiger partial charge in [0.2, 0.25) is 0 Å². The van der Waals surface area contributed by atoms with Crippen molar-refractivity contribution < 1.29 is 42.4 Å². The van der Waals surface area contributed by atoms with Crippen molar-refractivity contribution in [2.45, 2.75) is 12.7 Å². The normalized spacial score (nSPS) is 11.1. The van der Waals surface area contributed by atoms with E-state index in [1.807, 2.05) is 12.1 Å². The number of fused-ring (bicyclic) bond motifs is 1. The van der Waals surface area contributed by atoms with Crippen molar-refractivity contribution >= 4 is 22.7 Å². The number of hydrogen-bond acceptors (Lipinski definition) is 7. The Hall–Kier alpha value is -4.13. The molecule has 0 aliphatic heterocycles. The lowest BCUT2D eigenvalue weighted by Crippen LogP contribution is -2.25. The van der Waals surface area contributed by atoms with Crippen molar-refractivity contribution in [3.63, 3.8) is 0 Å². The topological polar surface area (TPSA) is 131 Å². The maximum Gasteiger partial charge on any atom is 0.490 e. The van der Waals surface area contributed by atoms with E-state index in [0.29, 0.717) is 23.4 Å². The summed E-state index contributed by atoms with van der Waals surface area (Å²) in [4.78, 5) is 38.1. The average molecular weight is 511 g/mol. The van der Waals surface area contributed by atoms with Crippen molar-refractivity contribution in [3.05, 3.63) is 52.7 Å². The second-order valence-electron chi connectivity index (χ2n) is 7.61. The minimum absolute atomic E-state index is 0.105. The summed E-state index contributed by atoms with van der Waals surface area (Å²) in [7, 11) is 6.53. The summed E-state index contributed by atoms with van der Waals surface area (Å²) < 4.78 is 44.4. The first-order valence-corrected chi connectivity index (χ1v) is 10.2. The van der Waals surface area contributed by atoms with E-state index >= 15 is 0 Å². The lowest BCUT2D eigenvalue weighted by molar-refractivity contribution is -0.192. The van der Waals surface area contributed by atoms with Gasteiger partial charge in [-0.3, -0.25) is 19.5 Å². The zero-order valence-corrected chi connectivity index (χ0v) is 19.8. The summed E-state index contributed by atoms with van der Waals surface area (Å²) >= 11 is 0. The van der Waals surface area contributed by atoms with Gasteiger partial charge in [0.1, 0.15) is 11.5 Å². The van der Waals surface area contributed by atoms with E-state index < -0.39 is 18.1 Å². The highest BCUT2D eigenvalue weighted by atomic mass is 19.4. The zero-order chi connectivity index (χ0) is 27.2. The fourth-order valence-corrected chi connectivity index (χ4v) is 3.39. The van der Waals surface area contributed by atoms with Crippen LogP contribution in [0.5, 0.6) is 11.5 Å². The van der Waals surface area contributed by atoms with Crippen LogP contribution in [0.15, 0.2) is 41.6 Å². The molecule has 2 aromatic heterocycles. The molecule has 0 atom stereocenters. The minimum Gasteiger partial charge on any atom is -0.496 e. The van der Waals surface area contributed by atoms with Gasteiger partial charge in [0.25, 0.3) is 5.56 Å². The zero-order valence-electron chi connectivity index (χ0n) is 19.8. The Morgan fingerprint density at radius 1 is 1.11 bits per heavy atom. The smallest absolute Gasteiger partial charge is 0.490 e. The summed E-state index contributed by atoms with van der Waals surface area (Å²) in [5.74, 6) is -2.51. The second-order valence-corrected chi connectivity index (χ2v) is 7.61. The van der Waals surface area contributed by atoms with Gasteiger partial charge in [0.05, 0.1) is 31.7 Å². The average Bonchev–Trinajstić information content (AvgIpc) is 2.80. The number of rotatable bonds is 7. The molecule has 2 N–H and O–H groups in total. The third-order valence-electron chi connectivity index (χ3n) is 4.98. The largest absolute Gasteiger partial charge is 0.496 e. The summed E-state index contributed by atoms with van der Waals surface area (Å²) in [6.45, 7) is 0.239. The summed E-state index contributed by atoms with van der Waals surface area (Å²) in [6.07, 6.45) is -0.102. The highest BCUT2D eigenvalue weighted by molar-refractivity contribution is 5.95. The lowest BCUT2D eigenvalue weighted by Gasteiger charge is -2.20. The van der Waals surface area contributed by atoms with Gasteiger partial charge in [-0.2, -0.15) is 13.2 Å². The number of benzene rings is 1. The van der Waals surface area contributed by atoms with Gasteiger partial charge >= 0.3 is 18.1 Å². The number of aryl methyl sites for hydroxylation is 1. The van der Waals surface area contributed by atoms with Crippen LogP contribution < -0.4 is 15.0 Å². The molecule has 3 aromatic rings. The molecule has 0 radical (unpaired) electrons. The number of aromatic nitrogens is 2. The van der Waals surface area contributed by atoms with E-state index in [1.54, 1.807) is 57.9 Å². The molecule has 0 unspecified atom stereocenters. The maximum atomic E-state index is 12.4. The molecule has 194 valence electrons. The van der Waals surface area contributed by atoms with E-state index in [4.69, 9.17) is 24.5 Å². The molecule has 1 aromatic carbocycles. The van der Waals surface area contributed by atoms with Gasteiger partial charge in [0, 0.05) is 37.7 Å².